The second-order valence-corrected chi connectivity index (χ2v) is 7.28. The van der Waals surface area contributed by atoms with Crippen LogP contribution in [0.15, 0.2) is 5.18 Å². The van der Waals surface area contributed by atoms with Crippen LogP contribution in [0.4, 0.5) is 0 Å². The zero-order valence-electron chi connectivity index (χ0n) is 17.1. The van der Waals surface area contributed by atoms with E-state index in [1.807, 2.05) is 4.90 Å². The monoisotopic (exact) mass is 429 g/mol. The number of aldehydes is 1. The molecule has 1 aliphatic rings. The molecule has 0 atom stereocenters. The highest BCUT2D eigenvalue weighted by Gasteiger charge is 2.18. The van der Waals surface area contributed by atoms with Crippen molar-refractivity contribution in [2.75, 3.05) is 78.5 Å². The third-order valence-corrected chi connectivity index (χ3v) is 4.87. The molecule has 1 amide bonds. The summed E-state index contributed by atoms with van der Waals surface area (Å²) in [7, 11) is 0. The van der Waals surface area contributed by atoms with Crippen molar-refractivity contribution in [3.05, 3.63) is 4.91 Å². The maximum atomic E-state index is 11.5. The van der Waals surface area contributed by atoms with E-state index in [1.54, 1.807) is 14.7 Å². The summed E-state index contributed by atoms with van der Waals surface area (Å²) in [5.74, 6) is -2.70. The number of hydrogen-bond acceptors (Lipinski definition) is 9. The van der Waals surface area contributed by atoms with Crippen LogP contribution < -0.4 is 0 Å². The number of amides is 1. The molecule has 12 heteroatoms. The molecular weight excluding hydrogens is 398 g/mol. The van der Waals surface area contributed by atoms with Gasteiger partial charge in [-0.3, -0.25) is 34.0 Å². The minimum absolute atomic E-state index is 0.129. The number of hydrogen-bond donors (Lipinski definition) is 2. The van der Waals surface area contributed by atoms with E-state index in [4.69, 9.17) is 10.2 Å². The van der Waals surface area contributed by atoms with Gasteiger partial charge in [0.25, 0.3) is 5.91 Å². The molecule has 0 radical (unpaired) electrons. The molecule has 30 heavy (non-hydrogen) atoms. The first kappa shape index (κ1) is 25.8. The zero-order chi connectivity index (χ0) is 22.4. The normalized spacial score (nSPS) is 19.6. The minimum Gasteiger partial charge on any atom is -0.480 e. The second kappa shape index (κ2) is 14.7. The van der Waals surface area contributed by atoms with E-state index in [-0.39, 0.29) is 26.2 Å². The molecule has 0 aromatic heterocycles. The number of aliphatic carboxylic acids is 2. The Bertz CT molecular complexity index is 589. The summed E-state index contributed by atoms with van der Waals surface area (Å²) in [6.07, 6.45) is 2.00. The number of nitroso groups, excluding NO2 is 1. The summed E-state index contributed by atoms with van der Waals surface area (Å²) < 4.78 is 0. The molecule has 170 valence electrons. The fourth-order valence-electron chi connectivity index (χ4n) is 3.41. The molecule has 0 aromatic rings. The summed E-state index contributed by atoms with van der Waals surface area (Å²) in [5.41, 5.74) is 0. The van der Waals surface area contributed by atoms with E-state index in [0.29, 0.717) is 65.2 Å². The Morgan fingerprint density at radius 2 is 1.10 bits per heavy atom. The van der Waals surface area contributed by atoms with Gasteiger partial charge in [0.2, 0.25) is 0 Å². The van der Waals surface area contributed by atoms with Gasteiger partial charge in [0.1, 0.15) is 6.29 Å². The van der Waals surface area contributed by atoms with Gasteiger partial charge in [-0.15, -0.1) is 4.91 Å². The lowest BCUT2D eigenvalue weighted by Gasteiger charge is -2.30. The zero-order valence-corrected chi connectivity index (χ0v) is 17.1. The minimum atomic E-state index is -0.956. The number of carboxylic acid groups (broad SMARTS) is 2. The highest BCUT2D eigenvalue weighted by atomic mass is 16.4. The molecule has 0 bridgehead atoms. The largest absolute Gasteiger partial charge is 0.480 e. The van der Waals surface area contributed by atoms with Gasteiger partial charge in [0.15, 0.2) is 0 Å². The van der Waals surface area contributed by atoms with Gasteiger partial charge in [-0.25, -0.2) is 0 Å². The van der Waals surface area contributed by atoms with Crippen LogP contribution in [0.5, 0.6) is 0 Å². The maximum Gasteiger partial charge on any atom is 0.317 e. The topological polar surface area (TPSA) is 151 Å². The second-order valence-electron chi connectivity index (χ2n) is 7.28. The molecular formula is C18H31N5O7. The van der Waals surface area contributed by atoms with Crippen LogP contribution in [0.1, 0.15) is 12.8 Å². The van der Waals surface area contributed by atoms with Crippen molar-refractivity contribution in [2.45, 2.75) is 12.8 Å². The highest BCUT2D eigenvalue weighted by Crippen LogP contribution is 2.03. The van der Waals surface area contributed by atoms with Crippen LogP contribution in [-0.4, -0.2) is 132 Å². The van der Waals surface area contributed by atoms with Gasteiger partial charge in [0, 0.05) is 44.4 Å². The lowest BCUT2D eigenvalue weighted by atomic mass is 10.2. The van der Waals surface area contributed by atoms with E-state index in [0.717, 1.165) is 6.29 Å². The number of nitrogens with zero attached hydrogens (tertiary/aromatic N) is 5. The van der Waals surface area contributed by atoms with Crippen LogP contribution >= 0.6 is 0 Å². The Morgan fingerprint density at radius 1 is 0.700 bits per heavy atom. The predicted octanol–water partition coefficient (Wildman–Crippen LogP) is -1.35. The molecule has 1 aliphatic heterocycles. The standard InChI is InChI=1S/C18H31N5O7/c24-12-11-20-3-1-5-23(15-18(28)29)10-9-21(13-16(25)19-30)4-2-6-22(8-7-20)14-17(26)27/h12H,1-11,13-15H2,(H,26,27)(H,28,29). The van der Waals surface area contributed by atoms with E-state index < -0.39 is 17.8 Å². The summed E-state index contributed by atoms with van der Waals surface area (Å²) in [4.78, 5) is 62.4. The van der Waals surface area contributed by atoms with Gasteiger partial charge in [-0.1, -0.05) is 0 Å². The van der Waals surface area contributed by atoms with Crippen molar-refractivity contribution in [1.29, 1.82) is 0 Å². The first-order valence-electron chi connectivity index (χ1n) is 9.97. The third-order valence-electron chi connectivity index (χ3n) is 4.87. The fourth-order valence-corrected chi connectivity index (χ4v) is 3.41. The number of carbonyl (C=O) groups excluding carboxylic acids is 2. The molecule has 12 nitrogen and oxygen atoms in total. The first-order valence-corrected chi connectivity index (χ1v) is 9.97. The van der Waals surface area contributed by atoms with Crippen molar-refractivity contribution in [3.8, 4) is 0 Å². The van der Waals surface area contributed by atoms with Crippen molar-refractivity contribution < 1.29 is 29.4 Å². The van der Waals surface area contributed by atoms with Gasteiger partial charge >= 0.3 is 11.9 Å². The SMILES string of the molecule is O=CCN1CCCN(CC(=O)O)CCN(CC(=O)N=O)CCCN(CC(=O)O)CC1. The van der Waals surface area contributed by atoms with E-state index >= 15 is 0 Å². The van der Waals surface area contributed by atoms with Crippen molar-refractivity contribution in [2.24, 2.45) is 5.18 Å². The molecule has 2 N–H and O–H groups in total. The molecule has 1 saturated heterocycles. The van der Waals surface area contributed by atoms with E-state index in [9.17, 15) is 24.1 Å². The summed E-state index contributed by atoms with van der Waals surface area (Å²) in [6.45, 7) is 3.54. The number of carbonyl (C=O) groups is 4. The van der Waals surface area contributed by atoms with Crippen molar-refractivity contribution in [3.63, 3.8) is 0 Å². The van der Waals surface area contributed by atoms with Crippen LogP contribution in [0, 0.1) is 4.91 Å². The molecule has 1 fully saturated rings. The number of rotatable bonds is 8. The molecule has 0 spiro atoms. The summed E-state index contributed by atoms with van der Waals surface area (Å²) in [6, 6.07) is 0. The Balaban J connectivity index is 2.87. The predicted molar refractivity (Wildman–Crippen MR) is 107 cm³/mol. The van der Waals surface area contributed by atoms with Gasteiger partial charge in [0.05, 0.1) is 26.2 Å². The van der Waals surface area contributed by atoms with Crippen molar-refractivity contribution in [1.82, 2.24) is 19.6 Å². The fraction of sp³-hybridized carbons (Fsp3) is 0.778. The molecule has 1 heterocycles. The lowest BCUT2D eigenvalue weighted by Crippen LogP contribution is -2.44. The smallest absolute Gasteiger partial charge is 0.317 e. The Morgan fingerprint density at radius 3 is 1.50 bits per heavy atom. The third kappa shape index (κ3) is 11.7. The van der Waals surface area contributed by atoms with Crippen LogP contribution in [0.2, 0.25) is 0 Å². The molecule has 0 aromatic carbocycles. The van der Waals surface area contributed by atoms with Gasteiger partial charge in [-0.2, -0.15) is 0 Å². The van der Waals surface area contributed by atoms with Gasteiger partial charge in [-0.05, 0) is 25.9 Å². The Kier molecular flexibility index (Phi) is 12.6. The highest BCUT2D eigenvalue weighted by molar-refractivity contribution is 5.78. The van der Waals surface area contributed by atoms with Crippen LogP contribution in [0.25, 0.3) is 0 Å². The van der Waals surface area contributed by atoms with E-state index in [2.05, 4.69) is 5.18 Å². The average Bonchev–Trinajstić information content (AvgIpc) is 2.67. The van der Waals surface area contributed by atoms with Gasteiger partial charge < -0.3 is 15.0 Å². The maximum absolute atomic E-state index is 11.5. The van der Waals surface area contributed by atoms with Crippen molar-refractivity contribution >= 4 is 24.1 Å². The van der Waals surface area contributed by atoms with Crippen LogP contribution in [-0.2, 0) is 19.2 Å². The average molecular weight is 429 g/mol. The van der Waals surface area contributed by atoms with E-state index in [1.165, 1.54) is 0 Å². The Hall–Kier alpha value is -2.28. The molecule has 0 aliphatic carbocycles. The van der Waals surface area contributed by atoms with Crippen LogP contribution in [0.3, 0.4) is 0 Å². The molecule has 1 rings (SSSR count). The number of carboxylic acids is 2. The molecule has 0 saturated carbocycles. The molecule has 0 unspecified atom stereocenters. The summed E-state index contributed by atoms with van der Waals surface area (Å²) >= 11 is 0. The first-order chi connectivity index (χ1) is 14.3. The summed E-state index contributed by atoms with van der Waals surface area (Å²) in [5, 5.41) is 20.7. The Labute approximate surface area is 175 Å². The quantitative estimate of drug-likeness (QED) is 0.348. The lowest BCUT2D eigenvalue weighted by molar-refractivity contribution is -0.139.